The Hall–Kier alpha value is -2.78. The molecular weight excluding hydrogens is 372 g/mol. The van der Waals surface area contributed by atoms with Gasteiger partial charge in [0.25, 0.3) is 11.8 Å². The number of β-amino-alcohol motifs (C(OH)–C–C–N with tert-alkyl or cyclic N) is 2. The standard InChI is InChI=1S/C17H18N2O2.C4H8N2O2/c18-16(20)17(21)11-19(12-17)15(13-7-3-1-4-8-13)14-9-5-2-6-10-14;5-3(7)4(8)1-6-2-4/h1-10,15,21H,11-12H2,(H2,18,20);6,8H,1-2H2,(H2,5,7). The molecule has 2 fully saturated rings. The van der Waals surface area contributed by atoms with Gasteiger partial charge in [0.2, 0.25) is 0 Å². The van der Waals surface area contributed by atoms with E-state index in [2.05, 4.69) is 34.5 Å². The molecule has 0 unspecified atom stereocenters. The average Bonchev–Trinajstić information content (AvgIpc) is 2.67. The molecule has 2 heterocycles. The van der Waals surface area contributed by atoms with Gasteiger partial charge in [0, 0.05) is 26.2 Å². The first-order chi connectivity index (χ1) is 13.8. The monoisotopic (exact) mass is 398 g/mol. The molecule has 8 heteroatoms. The molecule has 2 saturated heterocycles. The van der Waals surface area contributed by atoms with E-state index in [1.54, 1.807) is 0 Å². The van der Waals surface area contributed by atoms with Crippen LogP contribution in [0.1, 0.15) is 17.2 Å². The molecule has 0 bridgehead atoms. The Labute approximate surface area is 169 Å². The van der Waals surface area contributed by atoms with Crippen LogP contribution < -0.4 is 16.8 Å². The summed E-state index contributed by atoms with van der Waals surface area (Å²) in [6.07, 6.45) is 0. The molecule has 0 atom stereocenters. The van der Waals surface area contributed by atoms with E-state index in [-0.39, 0.29) is 19.1 Å². The van der Waals surface area contributed by atoms with Gasteiger partial charge in [-0.15, -0.1) is 0 Å². The molecule has 2 aliphatic rings. The van der Waals surface area contributed by atoms with Crippen molar-refractivity contribution >= 4 is 11.8 Å². The SMILES string of the molecule is NC(=O)C1(O)CN(C(c2ccccc2)c2ccccc2)C1.NC(=O)C1(O)CNC1. The van der Waals surface area contributed by atoms with Gasteiger partial charge in [-0.2, -0.15) is 0 Å². The number of amides is 2. The Balaban J connectivity index is 0.000000252. The first-order valence-electron chi connectivity index (χ1n) is 9.34. The highest BCUT2D eigenvalue weighted by Crippen LogP contribution is 2.35. The van der Waals surface area contributed by atoms with Crippen LogP contribution in [0.3, 0.4) is 0 Å². The van der Waals surface area contributed by atoms with Gasteiger partial charge in [-0.3, -0.25) is 14.5 Å². The van der Waals surface area contributed by atoms with E-state index < -0.39 is 23.0 Å². The van der Waals surface area contributed by atoms with E-state index in [1.165, 1.54) is 0 Å². The fourth-order valence-electron chi connectivity index (χ4n) is 3.38. The molecule has 8 nitrogen and oxygen atoms in total. The first-order valence-corrected chi connectivity index (χ1v) is 9.34. The molecule has 29 heavy (non-hydrogen) atoms. The minimum atomic E-state index is -1.40. The molecule has 7 N–H and O–H groups in total. The summed E-state index contributed by atoms with van der Waals surface area (Å²) in [7, 11) is 0. The minimum Gasteiger partial charge on any atom is -0.377 e. The van der Waals surface area contributed by atoms with E-state index in [0.717, 1.165) is 11.1 Å². The van der Waals surface area contributed by atoms with Crippen LogP contribution in [0.15, 0.2) is 60.7 Å². The number of nitrogens with zero attached hydrogens (tertiary/aromatic N) is 1. The Morgan fingerprint density at radius 3 is 1.52 bits per heavy atom. The molecule has 2 aromatic carbocycles. The quantitative estimate of drug-likeness (QED) is 0.443. The lowest BCUT2D eigenvalue weighted by molar-refractivity contribution is -0.158. The topological polar surface area (TPSA) is 142 Å². The van der Waals surface area contributed by atoms with Crippen LogP contribution in [0.4, 0.5) is 0 Å². The van der Waals surface area contributed by atoms with E-state index in [4.69, 9.17) is 16.6 Å². The molecule has 2 aromatic rings. The minimum absolute atomic E-state index is 0.0204. The highest BCUT2D eigenvalue weighted by atomic mass is 16.3. The summed E-state index contributed by atoms with van der Waals surface area (Å²) in [6.45, 7) is 1.11. The summed E-state index contributed by atoms with van der Waals surface area (Å²) in [5.41, 5.74) is 9.68. The second kappa shape index (κ2) is 8.30. The summed E-state index contributed by atoms with van der Waals surface area (Å²) >= 11 is 0. The number of aliphatic hydroxyl groups is 2. The van der Waals surface area contributed by atoms with Crippen LogP contribution >= 0.6 is 0 Å². The average molecular weight is 398 g/mol. The predicted octanol–water partition coefficient (Wildman–Crippen LogP) is -0.886. The lowest BCUT2D eigenvalue weighted by atomic mass is 9.87. The Morgan fingerprint density at radius 1 is 0.828 bits per heavy atom. The fraction of sp³-hybridized carbons (Fsp3) is 0.333. The lowest BCUT2D eigenvalue weighted by Crippen LogP contribution is -2.68. The zero-order valence-corrected chi connectivity index (χ0v) is 16.0. The van der Waals surface area contributed by atoms with Crippen molar-refractivity contribution < 1.29 is 19.8 Å². The summed E-state index contributed by atoms with van der Waals surface area (Å²) in [5.74, 6) is -1.30. The largest absolute Gasteiger partial charge is 0.377 e. The van der Waals surface area contributed by atoms with E-state index >= 15 is 0 Å². The Kier molecular flexibility index (Phi) is 5.99. The maximum absolute atomic E-state index is 11.3. The zero-order chi connectivity index (χ0) is 21.1. The number of carbonyl (C=O) groups excluding carboxylic acids is 2. The van der Waals surface area contributed by atoms with Crippen LogP contribution in [0.25, 0.3) is 0 Å². The summed E-state index contributed by atoms with van der Waals surface area (Å²) < 4.78 is 0. The smallest absolute Gasteiger partial charge is 0.252 e. The van der Waals surface area contributed by atoms with Gasteiger partial charge in [-0.05, 0) is 11.1 Å². The van der Waals surface area contributed by atoms with Crippen molar-refractivity contribution in [1.29, 1.82) is 0 Å². The molecule has 2 amide bonds. The van der Waals surface area contributed by atoms with Crippen LogP contribution in [0.2, 0.25) is 0 Å². The number of nitrogens with two attached hydrogens (primary N) is 2. The summed E-state index contributed by atoms with van der Waals surface area (Å²) in [5, 5.41) is 21.8. The van der Waals surface area contributed by atoms with Gasteiger partial charge in [0.1, 0.15) is 0 Å². The number of nitrogens with one attached hydrogen (secondary N) is 1. The van der Waals surface area contributed by atoms with Crippen molar-refractivity contribution in [3.63, 3.8) is 0 Å². The molecule has 0 aliphatic carbocycles. The van der Waals surface area contributed by atoms with Crippen molar-refractivity contribution in [3.05, 3.63) is 71.8 Å². The van der Waals surface area contributed by atoms with Crippen LogP contribution in [0, 0.1) is 0 Å². The number of hydrogen-bond donors (Lipinski definition) is 5. The van der Waals surface area contributed by atoms with Crippen molar-refractivity contribution in [3.8, 4) is 0 Å². The number of rotatable bonds is 5. The highest BCUT2D eigenvalue weighted by Gasteiger charge is 2.49. The van der Waals surface area contributed by atoms with Crippen molar-refractivity contribution in [2.45, 2.75) is 17.2 Å². The number of hydrogen-bond acceptors (Lipinski definition) is 6. The Morgan fingerprint density at radius 2 is 1.24 bits per heavy atom. The third-order valence-electron chi connectivity index (χ3n) is 5.28. The van der Waals surface area contributed by atoms with Crippen molar-refractivity contribution in [2.24, 2.45) is 11.5 Å². The van der Waals surface area contributed by atoms with Crippen LogP contribution in [0.5, 0.6) is 0 Å². The number of carbonyl (C=O) groups is 2. The molecule has 4 rings (SSSR count). The van der Waals surface area contributed by atoms with E-state index in [9.17, 15) is 14.7 Å². The molecular formula is C21H26N4O4. The highest BCUT2D eigenvalue weighted by molar-refractivity contribution is 5.85. The number of benzene rings is 2. The third kappa shape index (κ3) is 4.46. The van der Waals surface area contributed by atoms with Gasteiger partial charge in [-0.25, -0.2) is 0 Å². The molecule has 0 radical (unpaired) electrons. The maximum atomic E-state index is 11.3. The molecule has 154 valence electrons. The Bertz CT molecular complexity index is 810. The van der Waals surface area contributed by atoms with Crippen LogP contribution in [-0.2, 0) is 9.59 Å². The number of primary amides is 2. The van der Waals surface area contributed by atoms with Gasteiger partial charge in [-0.1, -0.05) is 60.7 Å². The first kappa shape index (κ1) is 20.9. The van der Waals surface area contributed by atoms with Gasteiger partial charge < -0.3 is 27.0 Å². The van der Waals surface area contributed by atoms with E-state index in [1.807, 2.05) is 36.4 Å². The molecule has 2 aliphatic heterocycles. The summed E-state index contributed by atoms with van der Waals surface area (Å²) in [6, 6.07) is 20.2. The molecule has 0 aromatic heterocycles. The molecule has 0 saturated carbocycles. The van der Waals surface area contributed by atoms with Crippen molar-refractivity contribution in [2.75, 3.05) is 26.2 Å². The van der Waals surface area contributed by atoms with Gasteiger partial charge in [0.05, 0.1) is 6.04 Å². The molecule has 0 spiro atoms. The van der Waals surface area contributed by atoms with Gasteiger partial charge >= 0.3 is 0 Å². The van der Waals surface area contributed by atoms with Crippen LogP contribution in [-0.4, -0.2) is 64.3 Å². The zero-order valence-electron chi connectivity index (χ0n) is 16.0. The second-order valence-electron chi connectivity index (χ2n) is 7.52. The third-order valence-corrected chi connectivity index (χ3v) is 5.28. The number of likely N-dealkylation sites (tertiary alicyclic amines) is 1. The second-order valence-corrected chi connectivity index (χ2v) is 7.52. The fourth-order valence-corrected chi connectivity index (χ4v) is 3.38. The maximum Gasteiger partial charge on any atom is 0.252 e. The van der Waals surface area contributed by atoms with Gasteiger partial charge in [0.15, 0.2) is 11.2 Å². The van der Waals surface area contributed by atoms with Crippen molar-refractivity contribution in [1.82, 2.24) is 10.2 Å². The normalized spacial score (nSPS) is 19.3. The van der Waals surface area contributed by atoms with E-state index in [0.29, 0.717) is 13.1 Å². The predicted molar refractivity (Wildman–Crippen MR) is 107 cm³/mol. The summed E-state index contributed by atoms with van der Waals surface area (Å²) in [4.78, 5) is 23.6. The lowest BCUT2D eigenvalue weighted by Gasteiger charge is -2.48.